The van der Waals surface area contributed by atoms with Crippen LogP contribution in [0.3, 0.4) is 0 Å². The van der Waals surface area contributed by atoms with E-state index in [0.717, 1.165) is 5.56 Å². The molecule has 2 aromatic carbocycles. The van der Waals surface area contributed by atoms with Gasteiger partial charge in [0.15, 0.2) is 0 Å². The Bertz CT molecular complexity index is 953. The second-order valence-electron chi connectivity index (χ2n) is 5.87. The largest absolute Gasteiger partial charge is 0.434 e. The molecule has 0 unspecified atom stereocenters. The summed E-state index contributed by atoms with van der Waals surface area (Å²) in [6, 6.07) is 15.7. The highest BCUT2D eigenvalue weighted by atomic mass is 19.3. The second-order valence-corrected chi connectivity index (χ2v) is 5.87. The van der Waals surface area contributed by atoms with Crippen LogP contribution in [0.2, 0.25) is 0 Å². The SMILES string of the molecule is CN(Cc1cccc(C#N)c1)Cc1nc(-c2ccccc2OC(F)F)no1. The molecule has 0 spiro atoms. The first-order chi connectivity index (χ1) is 13.0. The minimum Gasteiger partial charge on any atom is -0.434 e. The van der Waals surface area contributed by atoms with Crippen LogP contribution in [0.4, 0.5) is 8.78 Å². The maximum atomic E-state index is 12.5. The van der Waals surface area contributed by atoms with Crippen LogP contribution < -0.4 is 4.74 Å². The zero-order valence-corrected chi connectivity index (χ0v) is 14.5. The molecular formula is C19H16F2N4O2. The number of nitrogens with zero attached hydrogens (tertiary/aromatic N) is 4. The first kappa shape index (κ1) is 18.5. The molecule has 0 aliphatic carbocycles. The number of aromatic nitrogens is 2. The molecule has 0 atom stereocenters. The van der Waals surface area contributed by atoms with Gasteiger partial charge in [0.25, 0.3) is 0 Å². The van der Waals surface area contributed by atoms with Gasteiger partial charge in [0, 0.05) is 6.54 Å². The Balaban J connectivity index is 1.70. The van der Waals surface area contributed by atoms with Crippen LogP contribution >= 0.6 is 0 Å². The highest BCUT2D eigenvalue weighted by molar-refractivity contribution is 5.63. The van der Waals surface area contributed by atoms with Gasteiger partial charge in [-0.05, 0) is 36.9 Å². The Hall–Kier alpha value is -3.31. The summed E-state index contributed by atoms with van der Waals surface area (Å²) in [7, 11) is 1.87. The summed E-state index contributed by atoms with van der Waals surface area (Å²) in [5.41, 5.74) is 1.90. The lowest BCUT2D eigenvalue weighted by atomic mass is 10.1. The number of para-hydroxylation sites is 1. The van der Waals surface area contributed by atoms with Gasteiger partial charge in [-0.2, -0.15) is 19.0 Å². The third kappa shape index (κ3) is 4.86. The van der Waals surface area contributed by atoms with Crippen molar-refractivity contribution in [3.8, 4) is 23.2 Å². The van der Waals surface area contributed by atoms with Crippen LogP contribution in [0, 0.1) is 11.3 Å². The van der Waals surface area contributed by atoms with Gasteiger partial charge in [0.05, 0.1) is 23.7 Å². The van der Waals surface area contributed by atoms with Crippen molar-refractivity contribution in [3.63, 3.8) is 0 Å². The lowest BCUT2D eigenvalue weighted by Crippen LogP contribution is -2.17. The van der Waals surface area contributed by atoms with Crippen molar-refractivity contribution in [2.45, 2.75) is 19.7 Å². The maximum Gasteiger partial charge on any atom is 0.387 e. The Labute approximate surface area is 154 Å². The summed E-state index contributed by atoms with van der Waals surface area (Å²) in [6.07, 6.45) is 0. The van der Waals surface area contributed by atoms with Gasteiger partial charge >= 0.3 is 6.61 Å². The van der Waals surface area contributed by atoms with Gasteiger partial charge < -0.3 is 9.26 Å². The zero-order chi connectivity index (χ0) is 19.2. The summed E-state index contributed by atoms with van der Waals surface area (Å²) >= 11 is 0. The van der Waals surface area contributed by atoms with E-state index in [4.69, 9.17) is 9.78 Å². The van der Waals surface area contributed by atoms with Gasteiger partial charge in [-0.1, -0.05) is 29.4 Å². The topological polar surface area (TPSA) is 75.2 Å². The van der Waals surface area contributed by atoms with Gasteiger partial charge in [-0.25, -0.2) is 0 Å². The fourth-order valence-electron chi connectivity index (χ4n) is 2.62. The Kier molecular flexibility index (Phi) is 5.74. The Morgan fingerprint density at radius 1 is 1.19 bits per heavy atom. The summed E-state index contributed by atoms with van der Waals surface area (Å²) < 4.78 is 34.8. The molecule has 0 fully saturated rings. The molecule has 6 nitrogen and oxygen atoms in total. The van der Waals surface area contributed by atoms with Crippen molar-refractivity contribution >= 4 is 0 Å². The first-order valence-electron chi connectivity index (χ1n) is 8.09. The number of halogens is 2. The minimum atomic E-state index is -2.94. The molecule has 0 N–H and O–H groups in total. The van der Waals surface area contributed by atoms with Gasteiger partial charge in [-0.15, -0.1) is 0 Å². The van der Waals surface area contributed by atoms with Gasteiger partial charge in [0.2, 0.25) is 11.7 Å². The molecule has 27 heavy (non-hydrogen) atoms. The van der Waals surface area contributed by atoms with E-state index < -0.39 is 6.61 Å². The van der Waals surface area contributed by atoms with Crippen LogP contribution in [-0.2, 0) is 13.1 Å². The maximum absolute atomic E-state index is 12.5. The van der Waals surface area contributed by atoms with Crippen molar-refractivity contribution in [3.05, 3.63) is 65.5 Å². The standard InChI is InChI=1S/C19H16F2N4O2/c1-25(11-14-6-4-5-13(9-14)10-22)12-17-23-18(24-27-17)15-7-2-3-8-16(15)26-19(20)21/h2-9,19H,11-12H2,1H3. The average molecular weight is 370 g/mol. The molecule has 138 valence electrons. The highest BCUT2D eigenvalue weighted by Crippen LogP contribution is 2.29. The molecule has 1 heterocycles. The first-order valence-corrected chi connectivity index (χ1v) is 8.09. The molecule has 0 bridgehead atoms. The second kappa shape index (κ2) is 8.38. The Morgan fingerprint density at radius 2 is 2.00 bits per heavy atom. The number of hydrogen-bond donors (Lipinski definition) is 0. The monoisotopic (exact) mass is 370 g/mol. The number of nitriles is 1. The predicted molar refractivity (Wildman–Crippen MR) is 92.7 cm³/mol. The van der Waals surface area contributed by atoms with Crippen molar-refractivity contribution in [2.75, 3.05) is 7.05 Å². The molecule has 1 aromatic heterocycles. The van der Waals surface area contributed by atoms with Gasteiger partial charge in [-0.3, -0.25) is 4.90 Å². The fourth-order valence-corrected chi connectivity index (χ4v) is 2.62. The summed E-state index contributed by atoms with van der Waals surface area (Å²) in [5, 5.41) is 12.8. The third-order valence-corrected chi connectivity index (χ3v) is 3.73. The number of hydrogen-bond acceptors (Lipinski definition) is 6. The van der Waals surface area contributed by atoms with E-state index in [1.807, 2.05) is 30.1 Å². The van der Waals surface area contributed by atoms with Crippen LogP contribution in [-0.4, -0.2) is 28.7 Å². The van der Waals surface area contributed by atoms with E-state index in [9.17, 15) is 8.78 Å². The molecule has 0 saturated heterocycles. The number of benzene rings is 2. The highest BCUT2D eigenvalue weighted by Gasteiger charge is 2.16. The van der Waals surface area contributed by atoms with E-state index in [2.05, 4.69) is 20.9 Å². The quantitative estimate of drug-likeness (QED) is 0.629. The molecule has 0 aliphatic heterocycles. The van der Waals surface area contributed by atoms with Crippen molar-refractivity contribution in [2.24, 2.45) is 0 Å². The van der Waals surface area contributed by atoms with E-state index in [1.54, 1.807) is 24.3 Å². The lowest BCUT2D eigenvalue weighted by molar-refractivity contribution is -0.0494. The summed E-state index contributed by atoms with van der Waals surface area (Å²) in [4.78, 5) is 6.21. The molecule has 0 saturated carbocycles. The summed E-state index contributed by atoms with van der Waals surface area (Å²) in [5.74, 6) is 0.512. The van der Waals surface area contributed by atoms with E-state index >= 15 is 0 Å². The number of ether oxygens (including phenoxy) is 1. The molecule has 8 heteroatoms. The minimum absolute atomic E-state index is 0.0125. The zero-order valence-electron chi connectivity index (χ0n) is 14.5. The number of alkyl halides is 2. The van der Waals surface area contributed by atoms with E-state index in [0.29, 0.717) is 30.1 Å². The molecule has 0 aliphatic rings. The lowest BCUT2D eigenvalue weighted by Gasteiger charge is -2.14. The predicted octanol–water partition coefficient (Wildman–Crippen LogP) is 3.84. The van der Waals surface area contributed by atoms with Crippen molar-refractivity contribution in [1.82, 2.24) is 15.0 Å². The van der Waals surface area contributed by atoms with E-state index in [-0.39, 0.29) is 11.6 Å². The van der Waals surface area contributed by atoms with Crippen LogP contribution in [0.5, 0.6) is 5.75 Å². The molecule has 0 amide bonds. The van der Waals surface area contributed by atoms with Crippen LogP contribution in [0.15, 0.2) is 53.1 Å². The fraction of sp³-hybridized carbons (Fsp3) is 0.211. The van der Waals surface area contributed by atoms with Crippen molar-refractivity contribution in [1.29, 1.82) is 5.26 Å². The average Bonchev–Trinajstić information content (AvgIpc) is 3.10. The van der Waals surface area contributed by atoms with Gasteiger partial charge in [0.1, 0.15) is 5.75 Å². The van der Waals surface area contributed by atoms with E-state index in [1.165, 1.54) is 6.07 Å². The van der Waals surface area contributed by atoms with Crippen molar-refractivity contribution < 1.29 is 18.0 Å². The summed E-state index contributed by atoms with van der Waals surface area (Å²) in [6.45, 7) is -1.99. The molecular weight excluding hydrogens is 354 g/mol. The smallest absolute Gasteiger partial charge is 0.387 e. The third-order valence-electron chi connectivity index (χ3n) is 3.73. The number of rotatable bonds is 7. The van der Waals surface area contributed by atoms with Crippen LogP contribution in [0.25, 0.3) is 11.4 Å². The molecule has 3 rings (SSSR count). The molecule has 0 radical (unpaired) electrons. The Morgan fingerprint density at radius 3 is 2.78 bits per heavy atom. The van der Waals surface area contributed by atoms with Crippen LogP contribution in [0.1, 0.15) is 17.0 Å². The normalized spacial score (nSPS) is 11.0. The molecule has 3 aromatic rings.